The van der Waals surface area contributed by atoms with Crippen LogP contribution in [0.1, 0.15) is 21.5 Å². The van der Waals surface area contributed by atoms with E-state index in [1.54, 1.807) is 42.5 Å². The van der Waals surface area contributed by atoms with Gasteiger partial charge >= 0.3 is 0 Å². The van der Waals surface area contributed by atoms with E-state index in [0.29, 0.717) is 32.6 Å². The van der Waals surface area contributed by atoms with Gasteiger partial charge in [0.05, 0.1) is 11.4 Å². The molecule has 3 aromatic rings. The van der Waals surface area contributed by atoms with Crippen molar-refractivity contribution in [2.45, 2.75) is 5.75 Å². The van der Waals surface area contributed by atoms with Crippen LogP contribution in [0.5, 0.6) is 0 Å². The second-order valence-corrected chi connectivity index (χ2v) is 7.91. The van der Waals surface area contributed by atoms with Gasteiger partial charge in [-0.25, -0.2) is 0 Å². The number of nitrogens with one attached hydrogen (secondary N) is 1. The van der Waals surface area contributed by atoms with Crippen LogP contribution in [0, 0.1) is 0 Å². The van der Waals surface area contributed by atoms with Crippen molar-refractivity contribution in [2.24, 2.45) is 0 Å². The van der Waals surface area contributed by atoms with Gasteiger partial charge in [-0.1, -0.05) is 65.7 Å². The number of amides is 1. The lowest BCUT2D eigenvalue weighted by Gasteiger charge is -2.11. The van der Waals surface area contributed by atoms with Crippen LogP contribution < -0.4 is 5.32 Å². The molecule has 0 fully saturated rings. The van der Waals surface area contributed by atoms with E-state index in [1.807, 2.05) is 30.3 Å². The highest BCUT2D eigenvalue weighted by Gasteiger charge is 2.16. The predicted octanol–water partition coefficient (Wildman–Crippen LogP) is 6.10. The number of anilines is 1. The fraction of sp³-hybridized carbons (Fsp3) is 0.0909. The number of ketones is 1. The Hall–Kier alpha value is -2.27. The number of halogens is 2. The Kier molecular flexibility index (Phi) is 7.15. The summed E-state index contributed by atoms with van der Waals surface area (Å²) in [6, 6.07) is 21.3. The third kappa shape index (κ3) is 5.61. The number of hydrogen-bond donors (Lipinski definition) is 1. The molecule has 0 aliphatic carbocycles. The van der Waals surface area contributed by atoms with Gasteiger partial charge in [0.25, 0.3) is 0 Å². The molecular weight excluding hydrogens is 413 g/mol. The molecule has 0 atom stereocenters. The van der Waals surface area contributed by atoms with Crippen molar-refractivity contribution in [1.29, 1.82) is 0 Å². The molecule has 0 spiro atoms. The molecule has 3 aromatic carbocycles. The first-order chi connectivity index (χ1) is 13.5. The van der Waals surface area contributed by atoms with Gasteiger partial charge in [-0.3, -0.25) is 9.59 Å². The standard InChI is InChI=1S/C22H17Cl2NO2S/c23-17-8-6-15(7-9-17)13-28-14-21(26)25-20-11-10-18(24)12-19(20)22(27)16-4-2-1-3-5-16/h1-12H,13-14H2,(H,25,26). The van der Waals surface area contributed by atoms with Crippen LogP contribution in [-0.4, -0.2) is 17.4 Å². The number of rotatable bonds is 7. The minimum absolute atomic E-state index is 0.177. The smallest absolute Gasteiger partial charge is 0.234 e. The average Bonchev–Trinajstić information content (AvgIpc) is 2.71. The Morgan fingerprint density at radius 2 is 1.54 bits per heavy atom. The highest BCUT2D eigenvalue weighted by Crippen LogP contribution is 2.24. The fourth-order valence-electron chi connectivity index (χ4n) is 2.59. The molecule has 0 aliphatic rings. The lowest BCUT2D eigenvalue weighted by molar-refractivity contribution is -0.113. The van der Waals surface area contributed by atoms with Crippen molar-refractivity contribution in [3.8, 4) is 0 Å². The molecule has 28 heavy (non-hydrogen) atoms. The quantitative estimate of drug-likeness (QED) is 0.461. The molecule has 6 heteroatoms. The number of benzene rings is 3. The maximum atomic E-state index is 12.8. The van der Waals surface area contributed by atoms with E-state index in [9.17, 15) is 9.59 Å². The zero-order valence-electron chi connectivity index (χ0n) is 14.8. The van der Waals surface area contributed by atoms with Gasteiger partial charge < -0.3 is 5.32 Å². The van der Waals surface area contributed by atoms with Crippen LogP contribution in [0.4, 0.5) is 5.69 Å². The second kappa shape index (κ2) is 9.78. The van der Waals surface area contributed by atoms with E-state index in [-0.39, 0.29) is 17.4 Å². The summed E-state index contributed by atoms with van der Waals surface area (Å²) in [5.41, 5.74) is 2.45. The molecule has 3 rings (SSSR count). The molecule has 1 N–H and O–H groups in total. The summed E-state index contributed by atoms with van der Waals surface area (Å²) in [5.74, 6) is 0.598. The third-order valence-corrected chi connectivity index (χ3v) is 5.44. The molecule has 0 bridgehead atoms. The summed E-state index contributed by atoms with van der Waals surface area (Å²) in [4.78, 5) is 25.2. The average molecular weight is 430 g/mol. The highest BCUT2D eigenvalue weighted by molar-refractivity contribution is 7.99. The Bertz CT molecular complexity index is 976. The summed E-state index contributed by atoms with van der Waals surface area (Å²) in [7, 11) is 0. The molecule has 3 nitrogen and oxygen atoms in total. The number of thioether (sulfide) groups is 1. The van der Waals surface area contributed by atoms with Crippen molar-refractivity contribution in [2.75, 3.05) is 11.1 Å². The van der Waals surface area contributed by atoms with E-state index in [2.05, 4.69) is 5.32 Å². The van der Waals surface area contributed by atoms with Crippen LogP contribution in [0.3, 0.4) is 0 Å². The predicted molar refractivity (Wildman–Crippen MR) is 118 cm³/mol. The SMILES string of the molecule is O=C(CSCc1ccc(Cl)cc1)Nc1ccc(Cl)cc1C(=O)c1ccccc1. The molecule has 1 amide bonds. The molecule has 0 aromatic heterocycles. The van der Waals surface area contributed by atoms with E-state index in [4.69, 9.17) is 23.2 Å². The van der Waals surface area contributed by atoms with Crippen LogP contribution >= 0.6 is 35.0 Å². The first kappa shape index (κ1) is 20.5. The first-order valence-corrected chi connectivity index (χ1v) is 10.5. The fourth-order valence-corrected chi connectivity index (χ4v) is 3.67. The zero-order chi connectivity index (χ0) is 19.9. The summed E-state index contributed by atoms with van der Waals surface area (Å²) >= 11 is 13.4. The van der Waals surface area contributed by atoms with Crippen LogP contribution in [0.15, 0.2) is 72.8 Å². The van der Waals surface area contributed by atoms with Crippen LogP contribution in [-0.2, 0) is 10.5 Å². The van der Waals surface area contributed by atoms with Crippen molar-refractivity contribution < 1.29 is 9.59 Å². The van der Waals surface area contributed by atoms with Gasteiger partial charge in [0.1, 0.15) is 0 Å². The number of carbonyl (C=O) groups excluding carboxylic acids is 2. The molecule has 0 aliphatic heterocycles. The topological polar surface area (TPSA) is 46.2 Å². The minimum atomic E-state index is -0.188. The molecule has 142 valence electrons. The van der Waals surface area contributed by atoms with Crippen LogP contribution in [0.25, 0.3) is 0 Å². The van der Waals surface area contributed by atoms with E-state index in [1.165, 1.54) is 11.8 Å². The second-order valence-electron chi connectivity index (χ2n) is 6.05. The maximum Gasteiger partial charge on any atom is 0.234 e. The van der Waals surface area contributed by atoms with E-state index >= 15 is 0 Å². The lowest BCUT2D eigenvalue weighted by atomic mass is 10.0. The zero-order valence-corrected chi connectivity index (χ0v) is 17.2. The van der Waals surface area contributed by atoms with Crippen molar-refractivity contribution in [3.05, 3.63) is 99.5 Å². The minimum Gasteiger partial charge on any atom is -0.325 e. The number of hydrogen-bond acceptors (Lipinski definition) is 3. The van der Waals surface area contributed by atoms with Gasteiger partial charge in [-0.2, -0.15) is 0 Å². The maximum absolute atomic E-state index is 12.8. The van der Waals surface area contributed by atoms with Gasteiger partial charge in [-0.05, 0) is 35.9 Å². The van der Waals surface area contributed by atoms with Gasteiger partial charge in [0, 0.05) is 26.9 Å². The summed E-state index contributed by atoms with van der Waals surface area (Å²) in [6.45, 7) is 0. The van der Waals surface area contributed by atoms with Crippen LogP contribution in [0.2, 0.25) is 10.0 Å². The molecule has 0 saturated heterocycles. The van der Waals surface area contributed by atoms with Crippen molar-refractivity contribution in [1.82, 2.24) is 0 Å². The molecule has 0 saturated carbocycles. The number of carbonyl (C=O) groups is 2. The Morgan fingerprint density at radius 3 is 2.25 bits per heavy atom. The molecule has 0 heterocycles. The van der Waals surface area contributed by atoms with Gasteiger partial charge in [0.15, 0.2) is 5.78 Å². The van der Waals surface area contributed by atoms with Gasteiger partial charge in [-0.15, -0.1) is 11.8 Å². The molecular formula is C22H17Cl2NO2S. The largest absolute Gasteiger partial charge is 0.325 e. The summed E-state index contributed by atoms with van der Waals surface area (Å²) in [5, 5.41) is 3.95. The van der Waals surface area contributed by atoms with E-state index in [0.717, 1.165) is 5.56 Å². The normalized spacial score (nSPS) is 10.5. The van der Waals surface area contributed by atoms with E-state index < -0.39 is 0 Å². The third-order valence-electron chi connectivity index (χ3n) is 3.95. The molecule has 0 unspecified atom stereocenters. The summed E-state index contributed by atoms with van der Waals surface area (Å²) in [6.07, 6.45) is 0. The Labute approximate surface area is 178 Å². The summed E-state index contributed by atoms with van der Waals surface area (Å²) < 4.78 is 0. The monoisotopic (exact) mass is 429 g/mol. The molecule has 0 radical (unpaired) electrons. The van der Waals surface area contributed by atoms with Crippen molar-refractivity contribution in [3.63, 3.8) is 0 Å². The van der Waals surface area contributed by atoms with Crippen molar-refractivity contribution >= 4 is 52.3 Å². The highest BCUT2D eigenvalue weighted by atomic mass is 35.5. The Morgan fingerprint density at radius 1 is 0.857 bits per heavy atom. The van der Waals surface area contributed by atoms with Gasteiger partial charge in [0.2, 0.25) is 5.91 Å². The Balaban J connectivity index is 1.65. The first-order valence-electron chi connectivity index (χ1n) is 8.54. The lowest BCUT2D eigenvalue weighted by Crippen LogP contribution is -2.17.